The van der Waals surface area contributed by atoms with E-state index in [2.05, 4.69) is 62.4 Å². The van der Waals surface area contributed by atoms with Crippen molar-refractivity contribution in [1.29, 1.82) is 0 Å². The molecule has 0 bridgehead atoms. The summed E-state index contributed by atoms with van der Waals surface area (Å²) in [6.45, 7) is 4.59. The van der Waals surface area contributed by atoms with Crippen LogP contribution in [0.5, 0.6) is 0 Å². The van der Waals surface area contributed by atoms with Crippen molar-refractivity contribution in [2.75, 3.05) is 0 Å². The second-order valence-corrected chi connectivity index (χ2v) is 4.80. The quantitative estimate of drug-likeness (QED) is 0.697. The molecule has 0 N–H and O–H groups in total. The summed E-state index contributed by atoms with van der Waals surface area (Å²) >= 11 is 0. The standard InChI is InChI=1S/C16H20/c1-13-8-9-16(12-14(13)2)11-10-15-6-4-3-5-7-15/h3-9,12-14H,10-11H2,1-2H3. The third-order valence-corrected chi connectivity index (χ3v) is 3.47. The zero-order valence-corrected chi connectivity index (χ0v) is 10.2. The van der Waals surface area contributed by atoms with Crippen LogP contribution in [-0.4, -0.2) is 0 Å². The minimum atomic E-state index is 0.691. The van der Waals surface area contributed by atoms with E-state index < -0.39 is 0 Å². The zero-order valence-electron chi connectivity index (χ0n) is 10.2. The van der Waals surface area contributed by atoms with Gasteiger partial charge in [-0.1, -0.05) is 68.0 Å². The van der Waals surface area contributed by atoms with Crippen LogP contribution in [0.25, 0.3) is 0 Å². The Labute approximate surface area is 98.7 Å². The Morgan fingerprint density at radius 2 is 1.69 bits per heavy atom. The lowest BCUT2D eigenvalue weighted by atomic mass is 9.87. The molecule has 0 radical (unpaired) electrons. The van der Waals surface area contributed by atoms with Gasteiger partial charge in [0, 0.05) is 0 Å². The van der Waals surface area contributed by atoms with Crippen molar-refractivity contribution in [3.05, 3.63) is 59.7 Å². The molecule has 0 fully saturated rings. The van der Waals surface area contributed by atoms with Crippen molar-refractivity contribution in [2.24, 2.45) is 11.8 Å². The van der Waals surface area contributed by atoms with Crippen LogP contribution in [0.2, 0.25) is 0 Å². The van der Waals surface area contributed by atoms with Gasteiger partial charge in [0.1, 0.15) is 0 Å². The second kappa shape index (κ2) is 5.16. The maximum absolute atomic E-state index is 2.42. The van der Waals surface area contributed by atoms with Gasteiger partial charge in [-0.25, -0.2) is 0 Å². The van der Waals surface area contributed by atoms with Crippen molar-refractivity contribution < 1.29 is 0 Å². The van der Waals surface area contributed by atoms with Gasteiger partial charge >= 0.3 is 0 Å². The number of hydrogen-bond donors (Lipinski definition) is 0. The van der Waals surface area contributed by atoms with Gasteiger partial charge in [0.25, 0.3) is 0 Å². The van der Waals surface area contributed by atoms with Crippen molar-refractivity contribution in [3.63, 3.8) is 0 Å². The summed E-state index contributed by atoms with van der Waals surface area (Å²) in [4.78, 5) is 0. The van der Waals surface area contributed by atoms with Crippen molar-refractivity contribution in [2.45, 2.75) is 26.7 Å². The second-order valence-electron chi connectivity index (χ2n) is 4.80. The summed E-state index contributed by atoms with van der Waals surface area (Å²) < 4.78 is 0. The molecule has 1 aliphatic rings. The maximum atomic E-state index is 2.42. The Morgan fingerprint density at radius 3 is 2.38 bits per heavy atom. The SMILES string of the molecule is CC1C=CC(CCc2ccccc2)=CC1C. The molecule has 2 rings (SSSR count). The first-order chi connectivity index (χ1) is 7.75. The molecule has 2 unspecified atom stereocenters. The van der Waals surface area contributed by atoms with Crippen LogP contribution in [0.1, 0.15) is 25.8 Å². The van der Waals surface area contributed by atoms with Crippen LogP contribution in [0, 0.1) is 11.8 Å². The lowest BCUT2D eigenvalue weighted by Gasteiger charge is -2.19. The van der Waals surface area contributed by atoms with E-state index in [4.69, 9.17) is 0 Å². The molecule has 1 aliphatic carbocycles. The molecule has 1 aromatic carbocycles. The maximum Gasteiger partial charge on any atom is -0.0196 e. The summed E-state index contributed by atoms with van der Waals surface area (Å²) in [5.41, 5.74) is 2.93. The summed E-state index contributed by atoms with van der Waals surface area (Å²) in [5, 5.41) is 0. The Kier molecular flexibility index (Phi) is 3.61. The lowest BCUT2D eigenvalue weighted by Crippen LogP contribution is -2.07. The molecule has 1 aromatic rings. The summed E-state index contributed by atoms with van der Waals surface area (Å²) in [7, 11) is 0. The third kappa shape index (κ3) is 2.85. The highest BCUT2D eigenvalue weighted by Crippen LogP contribution is 2.24. The van der Waals surface area contributed by atoms with Crippen LogP contribution in [0.4, 0.5) is 0 Å². The van der Waals surface area contributed by atoms with E-state index in [0.717, 1.165) is 12.8 Å². The monoisotopic (exact) mass is 212 g/mol. The van der Waals surface area contributed by atoms with Crippen molar-refractivity contribution in [3.8, 4) is 0 Å². The topological polar surface area (TPSA) is 0 Å². The fourth-order valence-electron chi connectivity index (χ4n) is 2.10. The molecule has 0 saturated heterocycles. The number of hydrogen-bond acceptors (Lipinski definition) is 0. The smallest absolute Gasteiger partial charge is 0.0196 e. The first kappa shape index (κ1) is 11.2. The van der Waals surface area contributed by atoms with Crippen molar-refractivity contribution in [1.82, 2.24) is 0 Å². The largest absolute Gasteiger partial charge is 0.0809 e. The molecular formula is C16H20. The molecule has 0 spiro atoms. The molecule has 0 amide bonds. The number of rotatable bonds is 3. The van der Waals surface area contributed by atoms with Gasteiger partial charge in [0.2, 0.25) is 0 Å². The van der Waals surface area contributed by atoms with Gasteiger partial charge in [0.15, 0.2) is 0 Å². The zero-order chi connectivity index (χ0) is 11.4. The van der Waals surface area contributed by atoms with E-state index in [1.165, 1.54) is 11.1 Å². The van der Waals surface area contributed by atoms with Crippen molar-refractivity contribution >= 4 is 0 Å². The van der Waals surface area contributed by atoms with Crippen LogP contribution >= 0.6 is 0 Å². The third-order valence-electron chi connectivity index (χ3n) is 3.47. The van der Waals surface area contributed by atoms with E-state index in [0.29, 0.717) is 11.8 Å². The summed E-state index contributed by atoms with van der Waals surface area (Å²) in [6.07, 6.45) is 9.38. The molecule has 0 aromatic heterocycles. The molecule has 84 valence electrons. The fourth-order valence-corrected chi connectivity index (χ4v) is 2.10. The molecule has 0 heterocycles. The molecule has 0 saturated carbocycles. The predicted molar refractivity (Wildman–Crippen MR) is 70.3 cm³/mol. The molecular weight excluding hydrogens is 192 g/mol. The Morgan fingerprint density at radius 1 is 0.938 bits per heavy atom. The first-order valence-corrected chi connectivity index (χ1v) is 6.18. The Hall–Kier alpha value is -1.30. The normalized spacial score (nSPS) is 24.2. The van der Waals surface area contributed by atoms with Gasteiger partial charge in [-0.3, -0.25) is 0 Å². The van der Waals surface area contributed by atoms with Crippen LogP contribution in [0.15, 0.2) is 54.1 Å². The van der Waals surface area contributed by atoms with Gasteiger partial charge in [-0.2, -0.15) is 0 Å². The van der Waals surface area contributed by atoms with Gasteiger partial charge in [0.05, 0.1) is 0 Å². The highest BCUT2D eigenvalue weighted by atomic mass is 14.2. The van der Waals surface area contributed by atoms with Crippen LogP contribution < -0.4 is 0 Å². The van der Waals surface area contributed by atoms with Gasteiger partial charge in [-0.15, -0.1) is 0 Å². The van der Waals surface area contributed by atoms with Crippen LogP contribution in [0.3, 0.4) is 0 Å². The van der Waals surface area contributed by atoms with E-state index in [-0.39, 0.29) is 0 Å². The molecule has 0 nitrogen and oxygen atoms in total. The fraction of sp³-hybridized carbons (Fsp3) is 0.375. The highest BCUT2D eigenvalue weighted by Gasteiger charge is 2.11. The van der Waals surface area contributed by atoms with E-state index in [1.807, 2.05) is 0 Å². The lowest BCUT2D eigenvalue weighted by molar-refractivity contribution is 0.545. The molecule has 0 aliphatic heterocycles. The number of aryl methyl sites for hydroxylation is 1. The van der Waals surface area contributed by atoms with Gasteiger partial charge < -0.3 is 0 Å². The predicted octanol–water partition coefficient (Wildman–Crippen LogP) is 4.39. The minimum absolute atomic E-state index is 0.691. The molecule has 0 heteroatoms. The first-order valence-electron chi connectivity index (χ1n) is 6.18. The minimum Gasteiger partial charge on any atom is -0.0809 e. The average Bonchev–Trinajstić information content (AvgIpc) is 2.32. The number of benzene rings is 1. The number of allylic oxidation sites excluding steroid dienone is 4. The average molecular weight is 212 g/mol. The summed E-state index contributed by atoms with van der Waals surface area (Å²) in [6, 6.07) is 10.7. The Bertz CT molecular complexity index is 384. The van der Waals surface area contributed by atoms with E-state index in [1.54, 1.807) is 0 Å². The summed E-state index contributed by atoms with van der Waals surface area (Å²) in [5.74, 6) is 1.39. The van der Waals surface area contributed by atoms with E-state index in [9.17, 15) is 0 Å². The van der Waals surface area contributed by atoms with Gasteiger partial charge in [-0.05, 0) is 30.2 Å². The molecule has 2 atom stereocenters. The Balaban J connectivity index is 1.92. The van der Waals surface area contributed by atoms with E-state index >= 15 is 0 Å². The highest BCUT2D eigenvalue weighted by molar-refractivity contribution is 5.26. The molecule has 16 heavy (non-hydrogen) atoms. The van der Waals surface area contributed by atoms with Crippen LogP contribution in [-0.2, 0) is 6.42 Å².